The van der Waals surface area contributed by atoms with Gasteiger partial charge in [-0.05, 0) is 60.5 Å². The Kier molecular flexibility index (Phi) is 7.41. The Labute approximate surface area is 162 Å². The van der Waals surface area contributed by atoms with Gasteiger partial charge >= 0.3 is 0 Å². The van der Waals surface area contributed by atoms with Gasteiger partial charge < -0.3 is 0 Å². The number of hydrogen-bond acceptors (Lipinski definition) is 0. The van der Waals surface area contributed by atoms with Gasteiger partial charge in [-0.25, -0.2) is 0 Å². The summed E-state index contributed by atoms with van der Waals surface area (Å²) >= 11 is 0. The second-order valence-electron chi connectivity index (χ2n) is 9.04. The van der Waals surface area contributed by atoms with E-state index < -0.39 is 0 Å². The first kappa shape index (κ1) is 19.7. The van der Waals surface area contributed by atoms with E-state index in [4.69, 9.17) is 0 Å². The maximum Gasteiger partial charge on any atom is -0.00187 e. The second kappa shape index (κ2) is 9.77. The molecule has 1 aromatic rings. The fourth-order valence-electron chi connectivity index (χ4n) is 5.84. The third-order valence-corrected chi connectivity index (χ3v) is 7.32. The summed E-state index contributed by atoms with van der Waals surface area (Å²) in [6, 6.07) is 9.71. The number of unbranched alkanes of at least 4 members (excludes halogenated alkanes) is 1. The average molecular weight is 353 g/mol. The zero-order valence-electron chi connectivity index (χ0n) is 17.3. The molecular formula is C26H40. The summed E-state index contributed by atoms with van der Waals surface area (Å²) in [5, 5.41) is 0. The molecule has 26 heavy (non-hydrogen) atoms. The highest BCUT2D eigenvalue weighted by Crippen LogP contribution is 2.51. The van der Waals surface area contributed by atoms with Crippen LogP contribution in [0.15, 0.2) is 30.3 Å². The highest BCUT2D eigenvalue weighted by atomic mass is 14.5. The third kappa shape index (κ3) is 4.62. The summed E-state index contributed by atoms with van der Waals surface area (Å²) in [6.45, 7) is 4.60. The molecule has 3 rings (SSSR count). The predicted molar refractivity (Wildman–Crippen MR) is 116 cm³/mol. The molecule has 2 aliphatic carbocycles. The first-order valence-corrected chi connectivity index (χ1v) is 11.6. The van der Waals surface area contributed by atoms with Crippen molar-refractivity contribution in [1.29, 1.82) is 0 Å². The van der Waals surface area contributed by atoms with Gasteiger partial charge in [-0.2, -0.15) is 0 Å². The molecule has 144 valence electrons. The number of rotatable bonds is 7. The van der Waals surface area contributed by atoms with Gasteiger partial charge in [0.05, 0.1) is 0 Å². The minimum absolute atomic E-state index is 0.487. The highest BCUT2D eigenvalue weighted by Gasteiger charge is 2.42. The van der Waals surface area contributed by atoms with Gasteiger partial charge in [0, 0.05) is 0 Å². The molecule has 0 spiro atoms. The van der Waals surface area contributed by atoms with E-state index >= 15 is 0 Å². The maximum absolute atomic E-state index is 2.48. The SMILES string of the molecule is CCC/C=C/c1ccc(C2(C3CCC(CCC)CC3)CCCCC2)cc1. The fraction of sp³-hybridized carbons (Fsp3) is 0.692. The molecule has 2 aliphatic rings. The molecule has 0 nitrogen and oxygen atoms in total. The summed E-state index contributed by atoms with van der Waals surface area (Å²) in [7, 11) is 0. The fourth-order valence-corrected chi connectivity index (χ4v) is 5.84. The van der Waals surface area contributed by atoms with Crippen LogP contribution in [-0.4, -0.2) is 0 Å². The van der Waals surface area contributed by atoms with Crippen molar-refractivity contribution < 1.29 is 0 Å². The molecular weight excluding hydrogens is 312 g/mol. The van der Waals surface area contributed by atoms with Crippen LogP contribution in [0.2, 0.25) is 0 Å². The van der Waals surface area contributed by atoms with Crippen molar-refractivity contribution in [2.24, 2.45) is 11.8 Å². The summed E-state index contributed by atoms with van der Waals surface area (Å²) < 4.78 is 0. The van der Waals surface area contributed by atoms with Crippen molar-refractivity contribution in [2.45, 2.75) is 103 Å². The Morgan fingerprint density at radius 2 is 1.58 bits per heavy atom. The van der Waals surface area contributed by atoms with E-state index in [1.54, 1.807) is 5.56 Å². The second-order valence-corrected chi connectivity index (χ2v) is 9.04. The standard InChI is InChI=1S/C26H40/c1-3-5-7-11-23-14-18-25(19-15-23)26(20-8-6-9-21-26)24-16-12-22(10-4-2)13-17-24/h7,11,14-15,18-19,22,24H,3-6,8-10,12-13,16-17,20-21H2,1-2H3/b11-7+. The van der Waals surface area contributed by atoms with Gasteiger partial charge in [-0.1, -0.05) is 102 Å². The zero-order chi connectivity index (χ0) is 18.2. The van der Waals surface area contributed by atoms with Gasteiger partial charge in [0.15, 0.2) is 0 Å². The van der Waals surface area contributed by atoms with Crippen LogP contribution in [-0.2, 0) is 5.41 Å². The number of allylic oxidation sites excluding steroid dienone is 1. The van der Waals surface area contributed by atoms with Gasteiger partial charge in [0.1, 0.15) is 0 Å². The van der Waals surface area contributed by atoms with Crippen molar-refractivity contribution in [2.75, 3.05) is 0 Å². The average Bonchev–Trinajstić information content (AvgIpc) is 2.70. The lowest BCUT2D eigenvalue weighted by Crippen LogP contribution is -2.39. The van der Waals surface area contributed by atoms with Gasteiger partial charge in [0.25, 0.3) is 0 Å². The topological polar surface area (TPSA) is 0 Å². The van der Waals surface area contributed by atoms with Crippen molar-refractivity contribution in [3.63, 3.8) is 0 Å². The van der Waals surface area contributed by atoms with Gasteiger partial charge in [0.2, 0.25) is 0 Å². The van der Waals surface area contributed by atoms with Crippen molar-refractivity contribution in [3.05, 3.63) is 41.5 Å². The maximum atomic E-state index is 2.48. The van der Waals surface area contributed by atoms with Crippen molar-refractivity contribution in [3.8, 4) is 0 Å². The van der Waals surface area contributed by atoms with Gasteiger partial charge in [-0.3, -0.25) is 0 Å². The van der Waals surface area contributed by atoms with E-state index in [2.05, 4.69) is 50.3 Å². The van der Waals surface area contributed by atoms with Crippen LogP contribution in [0.1, 0.15) is 108 Å². The quantitative estimate of drug-likeness (QED) is 0.463. The van der Waals surface area contributed by atoms with E-state index in [-0.39, 0.29) is 0 Å². The molecule has 1 aromatic carbocycles. The molecule has 0 saturated heterocycles. The molecule has 0 amide bonds. The Balaban J connectivity index is 1.75. The molecule has 0 aliphatic heterocycles. The summed E-state index contributed by atoms with van der Waals surface area (Å²) in [5.41, 5.74) is 3.52. The molecule has 0 heterocycles. The molecule has 2 saturated carbocycles. The summed E-state index contributed by atoms with van der Waals surface area (Å²) in [6.07, 6.45) is 23.0. The molecule has 0 bridgehead atoms. The minimum atomic E-state index is 0.487. The summed E-state index contributed by atoms with van der Waals surface area (Å²) in [4.78, 5) is 0. The Bertz CT molecular complexity index is 536. The molecule has 0 unspecified atom stereocenters. The Morgan fingerprint density at radius 1 is 0.885 bits per heavy atom. The van der Waals surface area contributed by atoms with E-state index in [0.29, 0.717) is 5.41 Å². The largest absolute Gasteiger partial charge is 0.0840 e. The van der Waals surface area contributed by atoms with E-state index in [0.717, 1.165) is 11.8 Å². The third-order valence-electron chi connectivity index (χ3n) is 7.32. The normalized spacial score (nSPS) is 26.2. The number of benzene rings is 1. The zero-order valence-corrected chi connectivity index (χ0v) is 17.3. The van der Waals surface area contributed by atoms with Crippen molar-refractivity contribution in [1.82, 2.24) is 0 Å². The molecule has 0 N–H and O–H groups in total. The predicted octanol–water partition coefficient (Wildman–Crippen LogP) is 8.31. The monoisotopic (exact) mass is 352 g/mol. The van der Waals surface area contributed by atoms with Crippen LogP contribution in [0.4, 0.5) is 0 Å². The van der Waals surface area contributed by atoms with Crippen LogP contribution >= 0.6 is 0 Å². The van der Waals surface area contributed by atoms with Crippen LogP contribution in [0, 0.1) is 11.8 Å². The van der Waals surface area contributed by atoms with E-state index in [1.165, 1.54) is 89.0 Å². The first-order valence-electron chi connectivity index (χ1n) is 11.6. The highest BCUT2D eigenvalue weighted by molar-refractivity contribution is 5.50. The van der Waals surface area contributed by atoms with E-state index in [1.807, 2.05) is 0 Å². The first-order chi connectivity index (χ1) is 12.8. The van der Waals surface area contributed by atoms with Crippen molar-refractivity contribution >= 4 is 6.08 Å². The van der Waals surface area contributed by atoms with Crippen LogP contribution < -0.4 is 0 Å². The minimum Gasteiger partial charge on any atom is -0.0840 e. The molecule has 0 heteroatoms. The van der Waals surface area contributed by atoms with Crippen LogP contribution in [0.5, 0.6) is 0 Å². The molecule has 0 atom stereocenters. The molecule has 0 aromatic heterocycles. The molecule has 0 radical (unpaired) electrons. The lowest BCUT2D eigenvalue weighted by atomic mass is 9.57. The van der Waals surface area contributed by atoms with Crippen LogP contribution in [0.3, 0.4) is 0 Å². The van der Waals surface area contributed by atoms with Gasteiger partial charge in [-0.15, -0.1) is 0 Å². The smallest absolute Gasteiger partial charge is 0.00187 e. The van der Waals surface area contributed by atoms with E-state index in [9.17, 15) is 0 Å². The van der Waals surface area contributed by atoms with Crippen LogP contribution in [0.25, 0.3) is 6.08 Å². The molecule has 2 fully saturated rings. The summed E-state index contributed by atoms with van der Waals surface area (Å²) in [5.74, 6) is 1.94. The Morgan fingerprint density at radius 3 is 2.19 bits per heavy atom. The number of hydrogen-bond donors (Lipinski definition) is 0. The lowest BCUT2D eigenvalue weighted by molar-refractivity contribution is 0.125. The lowest BCUT2D eigenvalue weighted by Gasteiger charge is -2.47. The Hall–Kier alpha value is -1.04.